The van der Waals surface area contributed by atoms with E-state index in [1.807, 2.05) is 32.0 Å². The molecule has 2 heterocycles. The molecule has 1 atom stereocenters. The zero-order chi connectivity index (χ0) is 21.6. The fraction of sp³-hybridized carbons (Fsp3) is 0.667. The molecule has 0 aliphatic carbocycles. The number of nitrogens with one attached hydrogen (secondary N) is 2. The van der Waals surface area contributed by atoms with Crippen LogP contribution in [0.2, 0.25) is 0 Å². The van der Waals surface area contributed by atoms with E-state index in [0.717, 1.165) is 51.7 Å². The van der Waals surface area contributed by atoms with Gasteiger partial charge < -0.3 is 20.4 Å². The number of urea groups is 1. The molecule has 6 nitrogen and oxygen atoms in total. The first-order valence-electron chi connectivity index (χ1n) is 11.5. The Morgan fingerprint density at radius 3 is 2.47 bits per heavy atom. The molecule has 0 aromatic heterocycles. The highest BCUT2D eigenvalue weighted by atomic mass is 16.2. The molecule has 3 rings (SSSR count). The molecule has 0 saturated carbocycles. The van der Waals surface area contributed by atoms with Crippen LogP contribution in [0.1, 0.15) is 51.5 Å². The molecule has 3 amide bonds. The topological polar surface area (TPSA) is 64.7 Å². The molecule has 2 saturated heterocycles. The Labute approximate surface area is 181 Å². The first kappa shape index (κ1) is 22.6. The van der Waals surface area contributed by atoms with Crippen LogP contribution >= 0.6 is 0 Å². The van der Waals surface area contributed by atoms with Gasteiger partial charge in [-0.1, -0.05) is 30.3 Å². The van der Waals surface area contributed by atoms with Crippen LogP contribution < -0.4 is 10.6 Å². The maximum atomic E-state index is 13.3. The number of amides is 3. The largest absolute Gasteiger partial charge is 0.337 e. The van der Waals surface area contributed by atoms with Crippen LogP contribution in [0.15, 0.2) is 30.3 Å². The van der Waals surface area contributed by atoms with Crippen molar-refractivity contribution >= 4 is 11.9 Å². The number of likely N-dealkylation sites (tertiary alicyclic amines) is 2. The van der Waals surface area contributed by atoms with Gasteiger partial charge in [-0.05, 0) is 77.1 Å². The van der Waals surface area contributed by atoms with E-state index in [9.17, 15) is 9.59 Å². The van der Waals surface area contributed by atoms with Crippen LogP contribution in [0, 0.1) is 5.41 Å². The molecule has 1 aromatic rings. The molecule has 2 aliphatic rings. The van der Waals surface area contributed by atoms with Crippen LogP contribution in [0.25, 0.3) is 0 Å². The van der Waals surface area contributed by atoms with Crippen molar-refractivity contribution in [2.24, 2.45) is 5.41 Å². The van der Waals surface area contributed by atoms with Gasteiger partial charge in [-0.25, -0.2) is 4.79 Å². The highest BCUT2D eigenvalue weighted by Crippen LogP contribution is 2.44. The minimum Gasteiger partial charge on any atom is -0.337 e. The fourth-order valence-electron chi connectivity index (χ4n) is 5.07. The number of hydrogen-bond donors (Lipinski definition) is 2. The lowest BCUT2D eigenvalue weighted by Crippen LogP contribution is -2.61. The second kappa shape index (κ2) is 10.3. The van der Waals surface area contributed by atoms with E-state index in [2.05, 4.69) is 39.6 Å². The summed E-state index contributed by atoms with van der Waals surface area (Å²) >= 11 is 0. The highest BCUT2D eigenvalue weighted by Gasteiger charge is 2.47. The van der Waals surface area contributed by atoms with Gasteiger partial charge in [-0.15, -0.1) is 0 Å². The fourth-order valence-corrected chi connectivity index (χ4v) is 5.07. The van der Waals surface area contributed by atoms with E-state index in [0.29, 0.717) is 13.0 Å². The molecule has 1 spiro atoms. The predicted molar refractivity (Wildman–Crippen MR) is 120 cm³/mol. The van der Waals surface area contributed by atoms with Crippen molar-refractivity contribution in [1.29, 1.82) is 0 Å². The second-order valence-electron chi connectivity index (χ2n) is 9.37. The Hall–Kier alpha value is -2.08. The van der Waals surface area contributed by atoms with E-state index in [4.69, 9.17) is 0 Å². The Morgan fingerprint density at radius 1 is 1.10 bits per heavy atom. The number of aryl methyl sites for hydroxylation is 1. The maximum Gasteiger partial charge on any atom is 0.315 e. The lowest BCUT2D eigenvalue weighted by molar-refractivity contribution is -0.141. The maximum absolute atomic E-state index is 13.3. The van der Waals surface area contributed by atoms with Crippen molar-refractivity contribution in [2.75, 3.05) is 33.2 Å². The molecule has 2 fully saturated rings. The number of rotatable bonds is 6. The van der Waals surface area contributed by atoms with Crippen molar-refractivity contribution in [2.45, 2.75) is 64.5 Å². The van der Waals surface area contributed by atoms with Gasteiger partial charge in [0.15, 0.2) is 0 Å². The Bertz CT molecular complexity index is 698. The van der Waals surface area contributed by atoms with E-state index >= 15 is 0 Å². The number of hydrogen-bond acceptors (Lipinski definition) is 3. The van der Waals surface area contributed by atoms with Crippen molar-refractivity contribution in [1.82, 2.24) is 20.4 Å². The van der Waals surface area contributed by atoms with E-state index < -0.39 is 0 Å². The molecule has 2 aliphatic heterocycles. The summed E-state index contributed by atoms with van der Waals surface area (Å²) in [5, 5.41) is 5.98. The summed E-state index contributed by atoms with van der Waals surface area (Å²) in [6, 6.07) is 10.2. The third-order valence-corrected chi connectivity index (χ3v) is 6.81. The van der Waals surface area contributed by atoms with Crippen LogP contribution in [0.3, 0.4) is 0 Å². The van der Waals surface area contributed by atoms with Crippen molar-refractivity contribution in [3.63, 3.8) is 0 Å². The zero-order valence-electron chi connectivity index (χ0n) is 18.8. The van der Waals surface area contributed by atoms with Crippen LogP contribution in [-0.4, -0.2) is 67.0 Å². The summed E-state index contributed by atoms with van der Waals surface area (Å²) in [7, 11) is 2.17. The molecule has 166 valence electrons. The van der Waals surface area contributed by atoms with Gasteiger partial charge in [0.05, 0.1) is 6.04 Å². The molecule has 0 bridgehead atoms. The van der Waals surface area contributed by atoms with Crippen molar-refractivity contribution in [3.05, 3.63) is 35.9 Å². The smallest absolute Gasteiger partial charge is 0.315 e. The van der Waals surface area contributed by atoms with Gasteiger partial charge in [0.1, 0.15) is 0 Å². The average Bonchev–Trinajstić information content (AvgIpc) is 2.73. The van der Waals surface area contributed by atoms with E-state index in [-0.39, 0.29) is 29.4 Å². The summed E-state index contributed by atoms with van der Waals surface area (Å²) in [5.41, 5.74) is 1.31. The Kier molecular flexibility index (Phi) is 7.75. The number of piperidine rings is 2. The van der Waals surface area contributed by atoms with Gasteiger partial charge in [-0.2, -0.15) is 0 Å². The van der Waals surface area contributed by atoms with E-state index in [1.54, 1.807) is 0 Å². The number of nitrogens with zero attached hydrogens (tertiary/aromatic N) is 2. The zero-order valence-corrected chi connectivity index (χ0v) is 18.8. The van der Waals surface area contributed by atoms with Crippen LogP contribution in [0.4, 0.5) is 4.79 Å². The minimum absolute atomic E-state index is 0.0705. The van der Waals surface area contributed by atoms with Gasteiger partial charge in [0.2, 0.25) is 5.91 Å². The van der Waals surface area contributed by atoms with Gasteiger partial charge >= 0.3 is 6.03 Å². The standard InChI is InChI=1S/C24H38N4O2/c1-19(2)26-23(30)25-18-21-24(13-16-27(3)17-14-24)12-7-15-28(21)22(29)11-10-20-8-5-4-6-9-20/h4-6,8-9,19,21H,7,10-18H2,1-3H3,(H2,25,26,30)/t21-/m0/s1. The van der Waals surface area contributed by atoms with Gasteiger partial charge in [0.25, 0.3) is 0 Å². The lowest BCUT2D eigenvalue weighted by Gasteiger charge is -2.53. The van der Waals surface area contributed by atoms with Crippen LogP contribution in [-0.2, 0) is 11.2 Å². The summed E-state index contributed by atoms with van der Waals surface area (Å²) in [5.74, 6) is 0.216. The SMILES string of the molecule is CC(C)NC(=O)NC[C@@H]1N(C(=O)CCc2ccccc2)CCCC12CCN(C)CC2. The summed E-state index contributed by atoms with van der Waals surface area (Å²) in [6.07, 6.45) is 5.65. The monoisotopic (exact) mass is 414 g/mol. The predicted octanol–water partition coefficient (Wildman–Crippen LogP) is 3.03. The number of carbonyl (C=O) groups excluding carboxylic acids is 2. The van der Waals surface area contributed by atoms with Crippen LogP contribution in [0.5, 0.6) is 0 Å². The molecule has 0 radical (unpaired) electrons. The molecule has 2 N–H and O–H groups in total. The lowest BCUT2D eigenvalue weighted by atomic mass is 9.66. The third-order valence-electron chi connectivity index (χ3n) is 6.81. The van der Waals surface area contributed by atoms with Crippen molar-refractivity contribution in [3.8, 4) is 0 Å². The summed E-state index contributed by atoms with van der Waals surface area (Å²) in [6.45, 7) is 7.35. The molecular formula is C24H38N4O2. The molecule has 30 heavy (non-hydrogen) atoms. The second-order valence-corrected chi connectivity index (χ2v) is 9.37. The summed E-state index contributed by atoms with van der Waals surface area (Å²) in [4.78, 5) is 30.0. The van der Waals surface area contributed by atoms with Crippen molar-refractivity contribution < 1.29 is 9.59 Å². The molecule has 0 unspecified atom stereocenters. The molecule has 6 heteroatoms. The molecule has 1 aromatic carbocycles. The first-order chi connectivity index (χ1) is 14.4. The van der Waals surface area contributed by atoms with Gasteiger partial charge in [0, 0.05) is 25.6 Å². The third kappa shape index (κ3) is 5.75. The highest BCUT2D eigenvalue weighted by molar-refractivity contribution is 5.77. The first-order valence-corrected chi connectivity index (χ1v) is 11.5. The Morgan fingerprint density at radius 2 is 1.80 bits per heavy atom. The van der Waals surface area contributed by atoms with E-state index in [1.165, 1.54) is 5.56 Å². The molecular weight excluding hydrogens is 376 g/mol. The summed E-state index contributed by atoms with van der Waals surface area (Å²) < 4.78 is 0. The Balaban J connectivity index is 1.71. The quantitative estimate of drug-likeness (QED) is 0.752. The number of carbonyl (C=O) groups is 2. The number of benzene rings is 1. The van der Waals surface area contributed by atoms with Gasteiger partial charge in [-0.3, -0.25) is 4.79 Å². The average molecular weight is 415 g/mol. The minimum atomic E-state index is -0.143. The normalized spacial score (nSPS) is 21.6.